The van der Waals surface area contributed by atoms with Crippen LogP contribution in [0.15, 0.2) is 28.8 Å². The van der Waals surface area contributed by atoms with Gasteiger partial charge in [0.15, 0.2) is 0 Å². The molecule has 1 fully saturated rings. The van der Waals surface area contributed by atoms with Gasteiger partial charge in [0.25, 0.3) is 0 Å². The zero-order valence-corrected chi connectivity index (χ0v) is 15.5. The van der Waals surface area contributed by atoms with Gasteiger partial charge in [-0.2, -0.15) is 4.98 Å². The Morgan fingerprint density at radius 1 is 1.20 bits per heavy atom. The first-order chi connectivity index (χ1) is 11.9. The molecular formula is C16H21ClN4O3S. The first-order valence-electron chi connectivity index (χ1n) is 8.20. The van der Waals surface area contributed by atoms with Crippen molar-refractivity contribution in [1.29, 1.82) is 0 Å². The molecule has 3 rings (SSSR count). The molecule has 1 saturated carbocycles. The lowest BCUT2D eigenvalue weighted by molar-refractivity contribution is 0.330. The van der Waals surface area contributed by atoms with E-state index in [0.717, 1.165) is 31.2 Å². The fraction of sp³-hybridized carbons (Fsp3) is 0.500. The molecule has 0 amide bonds. The fourth-order valence-corrected chi connectivity index (χ4v) is 3.62. The highest BCUT2D eigenvalue weighted by Crippen LogP contribution is 2.27. The highest BCUT2D eigenvalue weighted by molar-refractivity contribution is 7.88. The number of rotatable bonds is 6. The third-order valence-corrected chi connectivity index (χ3v) is 5.28. The molecule has 0 bridgehead atoms. The number of hydrogen-bond acceptors (Lipinski definition) is 6. The van der Waals surface area contributed by atoms with Crippen LogP contribution in [0.2, 0.25) is 5.02 Å². The predicted molar refractivity (Wildman–Crippen MR) is 97.0 cm³/mol. The van der Waals surface area contributed by atoms with E-state index in [1.807, 2.05) is 12.1 Å². The van der Waals surface area contributed by atoms with Gasteiger partial charge < -0.3 is 9.84 Å². The highest BCUT2D eigenvalue weighted by Gasteiger charge is 2.23. The Kier molecular flexibility index (Phi) is 5.61. The van der Waals surface area contributed by atoms with Crippen LogP contribution in [0.1, 0.15) is 25.7 Å². The topological polar surface area (TPSA) is 97.1 Å². The summed E-state index contributed by atoms with van der Waals surface area (Å²) in [4.78, 5) is 4.37. The van der Waals surface area contributed by atoms with E-state index in [0.29, 0.717) is 29.3 Å². The molecule has 0 atom stereocenters. The Hall–Kier alpha value is -1.64. The van der Waals surface area contributed by atoms with Gasteiger partial charge in [-0.3, -0.25) is 0 Å². The van der Waals surface area contributed by atoms with Crippen LogP contribution in [0.4, 0.5) is 6.01 Å². The van der Waals surface area contributed by atoms with Gasteiger partial charge in [-0.25, -0.2) is 13.1 Å². The van der Waals surface area contributed by atoms with Crippen molar-refractivity contribution in [3.63, 3.8) is 0 Å². The summed E-state index contributed by atoms with van der Waals surface area (Å²) in [6, 6.07) is 7.92. The van der Waals surface area contributed by atoms with E-state index < -0.39 is 10.0 Å². The third-order valence-electron chi connectivity index (χ3n) is 4.34. The quantitative estimate of drug-likeness (QED) is 0.794. The molecule has 2 N–H and O–H groups in total. The van der Waals surface area contributed by atoms with Gasteiger partial charge >= 0.3 is 6.01 Å². The minimum absolute atomic E-state index is 0.257. The molecular weight excluding hydrogens is 364 g/mol. The number of benzene rings is 1. The second kappa shape index (κ2) is 7.72. The van der Waals surface area contributed by atoms with Crippen molar-refractivity contribution in [1.82, 2.24) is 14.9 Å². The summed E-state index contributed by atoms with van der Waals surface area (Å²) in [7, 11) is -3.12. The SMILES string of the molecule is CS(=O)(=O)NCC1CCC(Nc2nc(-c3ccc(Cl)cc3)no2)CC1. The summed E-state index contributed by atoms with van der Waals surface area (Å²) < 4.78 is 30.2. The van der Waals surface area contributed by atoms with Crippen molar-refractivity contribution >= 4 is 27.6 Å². The van der Waals surface area contributed by atoms with Gasteiger partial charge in [-0.05, 0) is 55.9 Å². The monoisotopic (exact) mass is 384 g/mol. The van der Waals surface area contributed by atoms with Crippen LogP contribution in [0, 0.1) is 5.92 Å². The van der Waals surface area contributed by atoms with Gasteiger partial charge in [-0.1, -0.05) is 16.8 Å². The van der Waals surface area contributed by atoms with Crippen LogP contribution in [-0.4, -0.2) is 37.4 Å². The molecule has 2 aromatic rings. The fourth-order valence-electron chi connectivity index (χ4n) is 2.95. The Bertz CT molecular complexity index is 799. The first-order valence-corrected chi connectivity index (χ1v) is 10.5. The molecule has 0 radical (unpaired) electrons. The number of nitrogens with zero attached hydrogens (tertiary/aromatic N) is 2. The molecule has 1 aromatic carbocycles. The minimum atomic E-state index is -3.12. The molecule has 0 unspecified atom stereocenters. The molecule has 9 heteroatoms. The van der Waals surface area contributed by atoms with Crippen LogP contribution >= 0.6 is 11.6 Å². The minimum Gasteiger partial charge on any atom is -0.335 e. The first kappa shape index (κ1) is 18.2. The van der Waals surface area contributed by atoms with Crippen molar-refractivity contribution in [3.05, 3.63) is 29.3 Å². The van der Waals surface area contributed by atoms with Crippen molar-refractivity contribution in [3.8, 4) is 11.4 Å². The lowest BCUT2D eigenvalue weighted by Gasteiger charge is -2.28. The van der Waals surface area contributed by atoms with E-state index in [1.165, 1.54) is 6.26 Å². The van der Waals surface area contributed by atoms with Gasteiger partial charge in [-0.15, -0.1) is 0 Å². The molecule has 0 saturated heterocycles. The second-order valence-corrected chi connectivity index (χ2v) is 8.68. The Morgan fingerprint density at radius 3 is 2.52 bits per heavy atom. The Labute approximate surface area is 152 Å². The lowest BCUT2D eigenvalue weighted by atomic mass is 9.86. The second-order valence-electron chi connectivity index (χ2n) is 6.41. The maximum atomic E-state index is 11.2. The molecule has 0 spiro atoms. The molecule has 1 aromatic heterocycles. The number of hydrogen-bond donors (Lipinski definition) is 2. The molecule has 0 aliphatic heterocycles. The normalized spacial score (nSPS) is 21.2. The third kappa shape index (κ3) is 5.42. The zero-order chi connectivity index (χ0) is 17.9. The smallest absolute Gasteiger partial charge is 0.322 e. The Morgan fingerprint density at radius 2 is 1.88 bits per heavy atom. The number of anilines is 1. The summed E-state index contributed by atoms with van der Waals surface area (Å²) in [5.74, 6) is 0.894. The summed E-state index contributed by atoms with van der Waals surface area (Å²) in [5, 5.41) is 7.91. The van der Waals surface area contributed by atoms with Crippen LogP contribution in [0.3, 0.4) is 0 Å². The van der Waals surface area contributed by atoms with Crippen molar-refractivity contribution in [2.75, 3.05) is 18.1 Å². The molecule has 136 valence electrons. The summed E-state index contributed by atoms with van der Waals surface area (Å²) in [6.45, 7) is 0.507. The van der Waals surface area contributed by atoms with Crippen molar-refractivity contribution in [2.45, 2.75) is 31.7 Å². The Balaban J connectivity index is 1.50. The summed E-state index contributed by atoms with van der Waals surface area (Å²) in [6.07, 6.45) is 4.98. The molecule has 1 aliphatic rings. The molecule has 1 heterocycles. The van der Waals surface area contributed by atoms with Gasteiger partial charge in [0, 0.05) is 23.2 Å². The van der Waals surface area contributed by atoms with Crippen LogP contribution in [0.25, 0.3) is 11.4 Å². The number of aromatic nitrogens is 2. The average Bonchev–Trinajstić information content (AvgIpc) is 3.03. The van der Waals surface area contributed by atoms with Crippen molar-refractivity contribution in [2.24, 2.45) is 5.92 Å². The summed E-state index contributed by atoms with van der Waals surface area (Å²) in [5.41, 5.74) is 0.844. The maximum absolute atomic E-state index is 11.2. The van der Waals surface area contributed by atoms with Crippen LogP contribution < -0.4 is 10.0 Å². The summed E-state index contributed by atoms with van der Waals surface area (Å²) >= 11 is 5.88. The standard InChI is InChI=1S/C16H21ClN4O3S/c1-25(22,23)18-10-11-2-8-14(9-3-11)19-16-20-15(21-24-16)12-4-6-13(17)7-5-12/h4-7,11,14,18H,2-3,8-10H2,1H3,(H,19,20,21). The molecule has 25 heavy (non-hydrogen) atoms. The van der Waals surface area contributed by atoms with E-state index in [-0.39, 0.29) is 6.04 Å². The van der Waals surface area contributed by atoms with Crippen LogP contribution in [-0.2, 0) is 10.0 Å². The highest BCUT2D eigenvalue weighted by atomic mass is 35.5. The van der Waals surface area contributed by atoms with Gasteiger partial charge in [0.1, 0.15) is 0 Å². The lowest BCUT2D eigenvalue weighted by Crippen LogP contribution is -2.33. The van der Waals surface area contributed by atoms with E-state index in [1.54, 1.807) is 12.1 Å². The van der Waals surface area contributed by atoms with E-state index in [9.17, 15) is 8.42 Å². The number of nitrogens with one attached hydrogen (secondary N) is 2. The van der Waals surface area contributed by atoms with E-state index in [2.05, 4.69) is 20.2 Å². The largest absolute Gasteiger partial charge is 0.335 e. The predicted octanol–water partition coefficient (Wildman–Crippen LogP) is 2.91. The number of halogens is 1. The average molecular weight is 385 g/mol. The molecule has 1 aliphatic carbocycles. The molecule has 7 nitrogen and oxygen atoms in total. The number of sulfonamides is 1. The van der Waals surface area contributed by atoms with Crippen LogP contribution in [0.5, 0.6) is 0 Å². The van der Waals surface area contributed by atoms with E-state index in [4.69, 9.17) is 16.1 Å². The zero-order valence-electron chi connectivity index (χ0n) is 13.9. The maximum Gasteiger partial charge on any atom is 0.322 e. The van der Waals surface area contributed by atoms with Crippen molar-refractivity contribution < 1.29 is 12.9 Å². The van der Waals surface area contributed by atoms with Gasteiger partial charge in [0.2, 0.25) is 15.8 Å². The van der Waals surface area contributed by atoms with E-state index >= 15 is 0 Å². The van der Waals surface area contributed by atoms with Gasteiger partial charge in [0.05, 0.1) is 6.26 Å².